The van der Waals surface area contributed by atoms with Gasteiger partial charge in [-0.3, -0.25) is 9.78 Å². The standard InChI is InChI=1S/C14H17N3O3S/c18-13(19)9-21-14-16-11-7-15-5-4-12(11)17(14)8-10-3-1-2-6-20-10/h4-5,7,10H,1-3,6,8-9H2,(H,18,19). The highest BCUT2D eigenvalue weighted by Gasteiger charge is 2.19. The number of aliphatic carboxylic acids is 1. The highest BCUT2D eigenvalue weighted by Crippen LogP contribution is 2.25. The van der Waals surface area contributed by atoms with Crippen LogP contribution in [0, 0.1) is 0 Å². The monoisotopic (exact) mass is 307 g/mol. The topological polar surface area (TPSA) is 77.2 Å². The van der Waals surface area contributed by atoms with Crippen molar-refractivity contribution in [3.63, 3.8) is 0 Å². The van der Waals surface area contributed by atoms with E-state index in [1.54, 1.807) is 12.4 Å². The third-order valence-electron chi connectivity index (χ3n) is 3.50. The van der Waals surface area contributed by atoms with Gasteiger partial charge in [0.2, 0.25) is 0 Å². The molecule has 3 heterocycles. The minimum absolute atomic E-state index is 0.00226. The fourth-order valence-electron chi connectivity index (χ4n) is 2.53. The van der Waals surface area contributed by atoms with Gasteiger partial charge in [-0.25, -0.2) is 4.98 Å². The third-order valence-corrected chi connectivity index (χ3v) is 4.46. The number of carboxylic acid groups (broad SMARTS) is 1. The molecule has 0 amide bonds. The van der Waals surface area contributed by atoms with Gasteiger partial charge in [-0.2, -0.15) is 0 Å². The molecule has 0 aliphatic carbocycles. The van der Waals surface area contributed by atoms with Gasteiger partial charge in [-0.15, -0.1) is 0 Å². The molecule has 0 bridgehead atoms. The largest absolute Gasteiger partial charge is 0.481 e. The van der Waals surface area contributed by atoms with Crippen LogP contribution in [0.3, 0.4) is 0 Å². The van der Waals surface area contributed by atoms with Crippen LogP contribution in [0.15, 0.2) is 23.6 Å². The smallest absolute Gasteiger partial charge is 0.313 e. The lowest BCUT2D eigenvalue weighted by Crippen LogP contribution is -2.24. The van der Waals surface area contributed by atoms with E-state index in [0.717, 1.165) is 35.6 Å². The molecule has 1 atom stereocenters. The van der Waals surface area contributed by atoms with Gasteiger partial charge in [0.1, 0.15) is 5.52 Å². The molecule has 2 aromatic rings. The molecular weight excluding hydrogens is 290 g/mol. The molecule has 1 aliphatic rings. The summed E-state index contributed by atoms with van der Waals surface area (Å²) < 4.78 is 7.85. The second kappa shape index (κ2) is 6.44. The Balaban J connectivity index is 1.88. The summed E-state index contributed by atoms with van der Waals surface area (Å²) in [7, 11) is 0. The molecular formula is C14H17N3O3S. The number of rotatable bonds is 5. The van der Waals surface area contributed by atoms with Crippen LogP contribution >= 0.6 is 11.8 Å². The fraction of sp³-hybridized carbons (Fsp3) is 0.500. The Morgan fingerprint density at radius 3 is 3.19 bits per heavy atom. The van der Waals surface area contributed by atoms with Crippen molar-refractivity contribution >= 4 is 28.8 Å². The number of ether oxygens (including phenoxy) is 1. The number of carbonyl (C=O) groups is 1. The zero-order chi connectivity index (χ0) is 14.7. The van der Waals surface area contributed by atoms with Crippen LogP contribution in [0.2, 0.25) is 0 Å². The first-order chi connectivity index (χ1) is 10.2. The molecule has 21 heavy (non-hydrogen) atoms. The van der Waals surface area contributed by atoms with E-state index in [1.807, 2.05) is 6.07 Å². The van der Waals surface area contributed by atoms with Gasteiger partial charge in [-0.1, -0.05) is 11.8 Å². The second-order valence-corrected chi connectivity index (χ2v) is 5.98. The second-order valence-electron chi connectivity index (χ2n) is 5.04. The molecule has 3 rings (SSSR count). The van der Waals surface area contributed by atoms with Gasteiger partial charge < -0.3 is 14.4 Å². The molecule has 0 saturated carbocycles. The summed E-state index contributed by atoms with van der Waals surface area (Å²) in [6, 6.07) is 1.91. The van der Waals surface area contributed by atoms with Crippen molar-refractivity contribution in [1.82, 2.24) is 14.5 Å². The van der Waals surface area contributed by atoms with Crippen LogP contribution < -0.4 is 0 Å². The maximum atomic E-state index is 10.8. The van der Waals surface area contributed by atoms with E-state index < -0.39 is 5.97 Å². The molecule has 0 radical (unpaired) electrons. The SMILES string of the molecule is O=C(O)CSc1nc2cnccc2n1CC1CCCCO1. The average Bonchev–Trinajstić information content (AvgIpc) is 2.84. The molecule has 1 fully saturated rings. The Morgan fingerprint density at radius 1 is 1.52 bits per heavy atom. The Morgan fingerprint density at radius 2 is 2.43 bits per heavy atom. The van der Waals surface area contributed by atoms with Crippen molar-refractivity contribution in [2.45, 2.75) is 37.1 Å². The molecule has 1 saturated heterocycles. The van der Waals surface area contributed by atoms with Crippen LogP contribution in [0.5, 0.6) is 0 Å². The number of hydrogen-bond donors (Lipinski definition) is 1. The van der Waals surface area contributed by atoms with Crippen LogP contribution in [-0.4, -0.2) is 44.1 Å². The molecule has 6 nitrogen and oxygen atoms in total. The molecule has 7 heteroatoms. The summed E-state index contributed by atoms with van der Waals surface area (Å²) in [6.07, 6.45) is 6.94. The van der Waals surface area contributed by atoms with Crippen LogP contribution in [-0.2, 0) is 16.1 Å². The lowest BCUT2D eigenvalue weighted by Gasteiger charge is -2.23. The zero-order valence-corrected chi connectivity index (χ0v) is 12.4. The summed E-state index contributed by atoms with van der Waals surface area (Å²) >= 11 is 1.24. The number of thioether (sulfide) groups is 1. The van der Waals surface area contributed by atoms with Gasteiger partial charge in [-0.05, 0) is 25.3 Å². The maximum Gasteiger partial charge on any atom is 0.313 e. The van der Waals surface area contributed by atoms with Crippen LogP contribution in [0.25, 0.3) is 11.0 Å². The van der Waals surface area contributed by atoms with E-state index in [1.165, 1.54) is 18.2 Å². The van der Waals surface area contributed by atoms with Gasteiger partial charge in [0, 0.05) is 12.8 Å². The average molecular weight is 307 g/mol. The van der Waals surface area contributed by atoms with Gasteiger partial charge in [0.15, 0.2) is 5.16 Å². The minimum Gasteiger partial charge on any atom is -0.481 e. The van der Waals surface area contributed by atoms with E-state index in [2.05, 4.69) is 14.5 Å². The summed E-state index contributed by atoms with van der Waals surface area (Å²) in [5.41, 5.74) is 1.77. The predicted octanol–water partition coefficient (Wildman–Crippen LogP) is 2.18. The normalized spacial score (nSPS) is 19.0. The fourth-order valence-corrected chi connectivity index (χ4v) is 3.27. The van der Waals surface area contributed by atoms with E-state index >= 15 is 0 Å². The number of aromatic nitrogens is 3. The lowest BCUT2D eigenvalue weighted by atomic mass is 10.1. The Kier molecular flexibility index (Phi) is 4.40. The van der Waals surface area contributed by atoms with Crippen LogP contribution in [0.1, 0.15) is 19.3 Å². The van der Waals surface area contributed by atoms with E-state index in [0.29, 0.717) is 6.54 Å². The van der Waals surface area contributed by atoms with Crippen molar-refractivity contribution in [2.24, 2.45) is 0 Å². The van der Waals surface area contributed by atoms with E-state index in [4.69, 9.17) is 9.84 Å². The first kappa shape index (κ1) is 14.3. The third kappa shape index (κ3) is 3.36. The Hall–Kier alpha value is -1.60. The lowest BCUT2D eigenvalue weighted by molar-refractivity contribution is -0.133. The number of pyridine rings is 1. The summed E-state index contributed by atoms with van der Waals surface area (Å²) in [4.78, 5) is 19.4. The van der Waals surface area contributed by atoms with Gasteiger partial charge in [0.25, 0.3) is 0 Å². The van der Waals surface area contributed by atoms with Crippen molar-refractivity contribution in [2.75, 3.05) is 12.4 Å². The van der Waals surface area contributed by atoms with Crippen molar-refractivity contribution < 1.29 is 14.6 Å². The first-order valence-electron chi connectivity index (χ1n) is 7.00. The van der Waals surface area contributed by atoms with Crippen molar-refractivity contribution in [3.8, 4) is 0 Å². The molecule has 1 N–H and O–H groups in total. The van der Waals surface area contributed by atoms with Gasteiger partial charge in [0.05, 0.1) is 30.1 Å². The zero-order valence-electron chi connectivity index (χ0n) is 11.6. The van der Waals surface area contributed by atoms with E-state index in [9.17, 15) is 4.79 Å². The predicted molar refractivity (Wildman–Crippen MR) is 79.5 cm³/mol. The molecule has 1 unspecified atom stereocenters. The van der Waals surface area contributed by atoms with Gasteiger partial charge >= 0.3 is 5.97 Å². The number of imidazole rings is 1. The van der Waals surface area contributed by atoms with Crippen LogP contribution in [0.4, 0.5) is 0 Å². The van der Waals surface area contributed by atoms with E-state index in [-0.39, 0.29) is 11.9 Å². The van der Waals surface area contributed by atoms with Crippen molar-refractivity contribution in [1.29, 1.82) is 0 Å². The summed E-state index contributed by atoms with van der Waals surface area (Å²) in [5.74, 6) is -0.840. The number of carboxylic acids is 1. The molecule has 0 spiro atoms. The van der Waals surface area contributed by atoms with Crippen molar-refractivity contribution in [3.05, 3.63) is 18.5 Å². The highest BCUT2D eigenvalue weighted by molar-refractivity contribution is 7.99. The summed E-state index contributed by atoms with van der Waals surface area (Å²) in [6.45, 7) is 1.51. The first-order valence-corrected chi connectivity index (χ1v) is 7.99. The molecule has 1 aliphatic heterocycles. The molecule has 2 aromatic heterocycles. The number of hydrogen-bond acceptors (Lipinski definition) is 5. The highest BCUT2D eigenvalue weighted by atomic mass is 32.2. The maximum absolute atomic E-state index is 10.8. The molecule has 112 valence electrons. The summed E-state index contributed by atoms with van der Waals surface area (Å²) in [5, 5.41) is 9.58. The Labute approximate surface area is 126 Å². The number of nitrogens with zero attached hydrogens (tertiary/aromatic N) is 3. The Bertz CT molecular complexity index is 637. The quantitative estimate of drug-likeness (QED) is 0.853. The number of fused-ring (bicyclic) bond motifs is 1. The minimum atomic E-state index is -0.842. The molecule has 0 aromatic carbocycles.